The van der Waals surface area contributed by atoms with Gasteiger partial charge < -0.3 is 0 Å². The highest BCUT2D eigenvalue weighted by atomic mass is 19.3. The Morgan fingerprint density at radius 3 is 2.74 bits per heavy atom. The molecule has 2 N–H and O–H groups in total. The fourth-order valence-electron chi connectivity index (χ4n) is 5.08. The normalized spacial score (nSPS) is 28.9. The Hall–Kier alpha value is -1.64. The summed E-state index contributed by atoms with van der Waals surface area (Å²) in [6.45, 7) is -0.816. The lowest BCUT2D eigenvalue weighted by Crippen LogP contribution is -2.66. The molecule has 5 nitrogen and oxygen atoms in total. The molecular formula is C19H24F3N3O2. The Bertz CT molecular complexity index is 737. The molecule has 0 bridgehead atoms. The van der Waals surface area contributed by atoms with Crippen molar-refractivity contribution in [2.75, 3.05) is 13.1 Å². The predicted molar refractivity (Wildman–Crippen MR) is 92.1 cm³/mol. The summed E-state index contributed by atoms with van der Waals surface area (Å²) in [5, 5.41) is 8.73. The van der Waals surface area contributed by atoms with Crippen molar-refractivity contribution < 1.29 is 23.2 Å². The zero-order valence-corrected chi connectivity index (χ0v) is 15.1. The Morgan fingerprint density at radius 2 is 2.04 bits per heavy atom. The molecule has 1 amide bonds. The van der Waals surface area contributed by atoms with Crippen molar-refractivity contribution in [2.24, 2.45) is 0 Å². The Kier molecular flexibility index (Phi) is 4.90. The summed E-state index contributed by atoms with van der Waals surface area (Å²) in [6, 6.07) is 2.94. The number of fused-ring (bicyclic) bond motifs is 1. The van der Waals surface area contributed by atoms with E-state index < -0.39 is 18.3 Å². The number of rotatable bonds is 3. The average molecular weight is 383 g/mol. The van der Waals surface area contributed by atoms with Gasteiger partial charge in [0, 0.05) is 42.3 Å². The second-order valence-corrected chi connectivity index (χ2v) is 7.97. The fraction of sp³-hybridized carbons (Fsp3) is 0.632. The minimum atomic E-state index is -2.41. The number of carbonyl (C=O) groups is 1. The van der Waals surface area contributed by atoms with E-state index in [9.17, 15) is 18.0 Å². The fourth-order valence-corrected chi connectivity index (χ4v) is 5.08. The zero-order valence-electron chi connectivity index (χ0n) is 15.1. The maximum absolute atomic E-state index is 14.5. The van der Waals surface area contributed by atoms with E-state index in [1.807, 2.05) is 0 Å². The second kappa shape index (κ2) is 7.07. The Balaban J connectivity index is 1.46. The first kappa shape index (κ1) is 18.7. The molecule has 8 heteroatoms. The van der Waals surface area contributed by atoms with Crippen LogP contribution in [0.4, 0.5) is 13.2 Å². The van der Waals surface area contributed by atoms with Crippen LogP contribution in [-0.4, -0.2) is 52.1 Å². The van der Waals surface area contributed by atoms with Gasteiger partial charge in [0.25, 0.3) is 12.5 Å². The largest absolute Gasteiger partial charge is 0.296 e. The Labute approximate surface area is 156 Å². The van der Waals surface area contributed by atoms with Crippen molar-refractivity contribution >= 4 is 5.91 Å². The zero-order chi connectivity index (χ0) is 19.2. The molecule has 1 spiro atoms. The molecule has 0 atom stereocenters. The predicted octanol–water partition coefficient (Wildman–Crippen LogP) is 2.91. The van der Waals surface area contributed by atoms with E-state index in [0.29, 0.717) is 44.5 Å². The molecule has 2 aliphatic heterocycles. The van der Waals surface area contributed by atoms with E-state index in [0.717, 1.165) is 30.9 Å². The lowest BCUT2D eigenvalue weighted by atomic mass is 9.66. The lowest BCUT2D eigenvalue weighted by Gasteiger charge is -2.59. The molecule has 0 aromatic heterocycles. The number of likely N-dealkylation sites (tertiary alicyclic amines) is 1. The van der Waals surface area contributed by atoms with Gasteiger partial charge >= 0.3 is 0 Å². The SMILES string of the molecule is O=C(NO)c1cc(F)c2c(c1)CCN(C1CC3(CCCCN3C(F)F)C1)C2. The number of alkyl halides is 2. The number of hydrogen-bond donors (Lipinski definition) is 2. The number of hydrogen-bond acceptors (Lipinski definition) is 4. The molecule has 1 aliphatic carbocycles. The van der Waals surface area contributed by atoms with Gasteiger partial charge in [-0.15, -0.1) is 0 Å². The molecule has 2 fully saturated rings. The van der Waals surface area contributed by atoms with E-state index in [4.69, 9.17) is 5.21 Å². The highest BCUT2D eigenvalue weighted by molar-refractivity contribution is 5.93. The molecule has 1 aromatic rings. The average Bonchev–Trinajstić information content (AvgIpc) is 2.65. The van der Waals surface area contributed by atoms with Crippen molar-refractivity contribution in [1.82, 2.24) is 15.3 Å². The van der Waals surface area contributed by atoms with Gasteiger partial charge in [-0.05, 0) is 49.8 Å². The lowest BCUT2D eigenvalue weighted by molar-refractivity contribution is -0.163. The third-order valence-corrected chi connectivity index (χ3v) is 6.56. The highest BCUT2D eigenvalue weighted by Gasteiger charge is 2.53. The number of benzene rings is 1. The van der Waals surface area contributed by atoms with Gasteiger partial charge in [0.15, 0.2) is 0 Å². The molecule has 4 rings (SSSR count). The van der Waals surface area contributed by atoms with E-state index in [-0.39, 0.29) is 17.1 Å². The first-order valence-electron chi connectivity index (χ1n) is 9.48. The monoisotopic (exact) mass is 383 g/mol. The molecule has 0 unspecified atom stereocenters. The van der Waals surface area contributed by atoms with E-state index >= 15 is 0 Å². The summed E-state index contributed by atoms with van der Waals surface area (Å²) in [5.41, 5.74) is 2.56. The molecular weight excluding hydrogens is 359 g/mol. The van der Waals surface area contributed by atoms with E-state index in [2.05, 4.69) is 4.90 Å². The third-order valence-electron chi connectivity index (χ3n) is 6.56. The molecule has 0 radical (unpaired) electrons. The van der Waals surface area contributed by atoms with Gasteiger partial charge in [0.05, 0.1) is 0 Å². The number of carbonyl (C=O) groups excluding carboxylic acids is 1. The van der Waals surface area contributed by atoms with Crippen LogP contribution in [0.25, 0.3) is 0 Å². The maximum Gasteiger partial charge on any atom is 0.295 e. The van der Waals surface area contributed by atoms with Crippen LogP contribution in [0.2, 0.25) is 0 Å². The second-order valence-electron chi connectivity index (χ2n) is 7.97. The van der Waals surface area contributed by atoms with Crippen molar-refractivity contribution in [2.45, 2.75) is 63.2 Å². The van der Waals surface area contributed by atoms with E-state index in [1.54, 1.807) is 6.07 Å². The molecule has 2 heterocycles. The topological polar surface area (TPSA) is 55.8 Å². The van der Waals surface area contributed by atoms with Gasteiger partial charge in [-0.1, -0.05) is 6.42 Å². The van der Waals surface area contributed by atoms with Crippen LogP contribution in [0.15, 0.2) is 12.1 Å². The molecule has 1 aromatic carbocycles. The standard InChI is InChI=1S/C19H24F3N3O2/c20-16-8-13(17(26)23-27)7-12-3-6-24(11-15(12)16)14-9-19(10-14)4-1-2-5-25(19)18(21)22/h7-8,14,18,27H,1-6,9-11H2,(H,23,26). The molecule has 1 saturated carbocycles. The van der Waals surface area contributed by atoms with Crippen molar-refractivity contribution in [3.63, 3.8) is 0 Å². The number of hydroxylamine groups is 1. The van der Waals surface area contributed by atoms with Gasteiger partial charge in [-0.25, -0.2) is 14.8 Å². The van der Waals surface area contributed by atoms with Crippen LogP contribution in [0.3, 0.4) is 0 Å². The maximum atomic E-state index is 14.5. The molecule has 148 valence electrons. The van der Waals surface area contributed by atoms with Gasteiger partial charge in [0.2, 0.25) is 0 Å². The first-order chi connectivity index (χ1) is 12.9. The molecule has 1 saturated heterocycles. The van der Waals surface area contributed by atoms with Crippen LogP contribution in [0.1, 0.15) is 53.6 Å². The van der Waals surface area contributed by atoms with Crippen LogP contribution < -0.4 is 5.48 Å². The van der Waals surface area contributed by atoms with Crippen LogP contribution >= 0.6 is 0 Å². The number of amides is 1. The molecule has 27 heavy (non-hydrogen) atoms. The minimum Gasteiger partial charge on any atom is -0.296 e. The third kappa shape index (κ3) is 3.23. The summed E-state index contributed by atoms with van der Waals surface area (Å²) >= 11 is 0. The van der Waals surface area contributed by atoms with Crippen molar-refractivity contribution in [3.8, 4) is 0 Å². The van der Waals surface area contributed by atoms with Crippen LogP contribution in [0, 0.1) is 5.82 Å². The smallest absolute Gasteiger partial charge is 0.295 e. The van der Waals surface area contributed by atoms with Crippen molar-refractivity contribution in [1.29, 1.82) is 0 Å². The summed E-state index contributed by atoms with van der Waals surface area (Å²) in [4.78, 5) is 15.1. The molecule has 3 aliphatic rings. The summed E-state index contributed by atoms with van der Waals surface area (Å²) < 4.78 is 41.3. The van der Waals surface area contributed by atoms with Gasteiger partial charge in [-0.2, -0.15) is 8.78 Å². The Morgan fingerprint density at radius 1 is 1.26 bits per heavy atom. The summed E-state index contributed by atoms with van der Waals surface area (Å²) in [7, 11) is 0. The van der Waals surface area contributed by atoms with E-state index in [1.165, 1.54) is 10.4 Å². The van der Waals surface area contributed by atoms with Crippen LogP contribution in [-0.2, 0) is 13.0 Å². The highest BCUT2D eigenvalue weighted by Crippen LogP contribution is 2.48. The quantitative estimate of drug-likeness (QED) is 0.479. The van der Waals surface area contributed by atoms with Gasteiger partial charge in [0.1, 0.15) is 5.82 Å². The van der Waals surface area contributed by atoms with Crippen molar-refractivity contribution in [3.05, 3.63) is 34.6 Å². The minimum absolute atomic E-state index is 0.0968. The van der Waals surface area contributed by atoms with Gasteiger partial charge in [-0.3, -0.25) is 14.9 Å². The summed E-state index contributed by atoms with van der Waals surface area (Å²) in [6.07, 6.45) is 4.64. The number of halogens is 3. The first-order valence-corrected chi connectivity index (χ1v) is 9.48. The number of piperidine rings is 1. The number of nitrogens with zero attached hydrogens (tertiary/aromatic N) is 2. The number of nitrogens with one attached hydrogen (secondary N) is 1. The summed E-state index contributed by atoms with van der Waals surface area (Å²) in [5.74, 6) is -1.19. The van der Waals surface area contributed by atoms with Crippen LogP contribution in [0.5, 0.6) is 0 Å².